The lowest BCUT2D eigenvalue weighted by atomic mass is 10.1. The number of carbonyl (C=O) groups excluding carboxylic acids is 1. The van der Waals surface area contributed by atoms with Crippen LogP contribution in [-0.4, -0.2) is 34.9 Å². The van der Waals surface area contributed by atoms with Crippen molar-refractivity contribution in [3.05, 3.63) is 45.1 Å². The Hall–Kier alpha value is -2.32. The number of methoxy groups -OCH3 is 1. The Kier molecular flexibility index (Phi) is 6.43. The van der Waals surface area contributed by atoms with Gasteiger partial charge < -0.3 is 10.1 Å². The number of hydrogen-bond donors (Lipinski definition) is 1. The zero-order valence-electron chi connectivity index (χ0n) is 17.2. The summed E-state index contributed by atoms with van der Waals surface area (Å²) in [5.41, 5.74) is 1.80. The molecule has 0 aliphatic heterocycles. The Balaban J connectivity index is 1.89. The first kappa shape index (κ1) is 20.9. The average molecular weight is 444 g/mol. The minimum Gasteiger partial charge on any atom is -0.497 e. The van der Waals surface area contributed by atoms with E-state index >= 15 is 0 Å². The lowest BCUT2D eigenvalue weighted by molar-refractivity contribution is -0.118. The van der Waals surface area contributed by atoms with E-state index in [-0.39, 0.29) is 17.2 Å². The van der Waals surface area contributed by atoms with Crippen LogP contribution >= 0.6 is 23.1 Å². The van der Waals surface area contributed by atoms with Gasteiger partial charge in [0.1, 0.15) is 10.6 Å². The third-order valence-electron chi connectivity index (χ3n) is 5.23. The topological polar surface area (TPSA) is 73.2 Å². The van der Waals surface area contributed by atoms with Gasteiger partial charge in [-0.05, 0) is 50.3 Å². The quantitative estimate of drug-likeness (QED) is 0.355. The summed E-state index contributed by atoms with van der Waals surface area (Å²) in [5.74, 6) is 0.806. The van der Waals surface area contributed by atoms with Crippen molar-refractivity contribution >= 4 is 39.2 Å². The molecule has 0 atom stereocenters. The molecule has 0 fully saturated rings. The number of thioether (sulfide) groups is 1. The Morgan fingerprint density at radius 1 is 1.30 bits per heavy atom. The number of amides is 1. The number of hydrogen-bond acceptors (Lipinski definition) is 6. The number of ether oxygens (including phenoxy) is 1. The standard InChI is InChI=1S/C22H25N3O3S2/c1-3-23-18(26)13-29-22-24-20-19(16-10-5-4-6-11-17(16)30-20)21(27)25(22)14-8-7-9-15(12-14)28-2/h7-9,12H,3-6,10-11,13H2,1-2H3,(H,23,26). The van der Waals surface area contributed by atoms with Crippen molar-refractivity contribution in [2.24, 2.45) is 0 Å². The highest BCUT2D eigenvalue weighted by molar-refractivity contribution is 7.99. The van der Waals surface area contributed by atoms with Gasteiger partial charge in [0.05, 0.1) is 23.9 Å². The number of carbonyl (C=O) groups is 1. The molecule has 30 heavy (non-hydrogen) atoms. The minimum atomic E-state index is -0.0731. The van der Waals surface area contributed by atoms with E-state index in [0.29, 0.717) is 23.1 Å². The Morgan fingerprint density at radius 2 is 2.13 bits per heavy atom. The fourth-order valence-corrected chi connectivity index (χ4v) is 5.96. The molecular weight excluding hydrogens is 418 g/mol. The van der Waals surface area contributed by atoms with Gasteiger partial charge in [0.25, 0.3) is 5.56 Å². The Bertz CT molecular complexity index is 1140. The first-order chi connectivity index (χ1) is 14.6. The van der Waals surface area contributed by atoms with Crippen LogP contribution in [0.25, 0.3) is 15.9 Å². The van der Waals surface area contributed by atoms with Crippen molar-refractivity contribution in [2.45, 2.75) is 44.2 Å². The van der Waals surface area contributed by atoms with Crippen molar-refractivity contribution in [3.63, 3.8) is 0 Å². The van der Waals surface area contributed by atoms with Crippen LogP contribution in [-0.2, 0) is 17.6 Å². The van der Waals surface area contributed by atoms with Crippen LogP contribution in [0.2, 0.25) is 0 Å². The van der Waals surface area contributed by atoms with E-state index in [2.05, 4.69) is 5.32 Å². The molecule has 6 nitrogen and oxygen atoms in total. The van der Waals surface area contributed by atoms with Crippen molar-refractivity contribution in [2.75, 3.05) is 19.4 Å². The molecule has 0 saturated heterocycles. The van der Waals surface area contributed by atoms with E-state index in [1.54, 1.807) is 23.0 Å². The van der Waals surface area contributed by atoms with Crippen molar-refractivity contribution in [3.8, 4) is 11.4 Å². The summed E-state index contributed by atoms with van der Waals surface area (Å²) in [6, 6.07) is 7.41. The molecule has 4 rings (SSSR count). The van der Waals surface area contributed by atoms with Crippen LogP contribution in [0.3, 0.4) is 0 Å². The second-order valence-corrected chi connectivity index (χ2v) is 9.25. The van der Waals surface area contributed by atoms with Gasteiger partial charge in [0.15, 0.2) is 5.16 Å². The molecule has 8 heteroatoms. The highest BCUT2D eigenvalue weighted by atomic mass is 32.2. The van der Waals surface area contributed by atoms with E-state index in [0.717, 1.165) is 35.9 Å². The lowest BCUT2D eigenvalue weighted by Gasteiger charge is -2.13. The second kappa shape index (κ2) is 9.22. The van der Waals surface area contributed by atoms with Gasteiger partial charge >= 0.3 is 0 Å². The van der Waals surface area contributed by atoms with E-state index in [4.69, 9.17) is 9.72 Å². The van der Waals surface area contributed by atoms with Crippen LogP contribution < -0.4 is 15.6 Å². The molecule has 1 aliphatic rings. The molecule has 2 heterocycles. The van der Waals surface area contributed by atoms with Crippen molar-refractivity contribution < 1.29 is 9.53 Å². The molecule has 1 aromatic carbocycles. The Morgan fingerprint density at radius 3 is 2.93 bits per heavy atom. The number of nitrogens with zero attached hydrogens (tertiary/aromatic N) is 2. The maximum absolute atomic E-state index is 13.7. The number of benzene rings is 1. The smallest absolute Gasteiger partial charge is 0.267 e. The molecule has 1 aliphatic carbocycles. The van der Waals surface area contributed by atoms with Gasteiger partial charge in [0, 0.05) is 17.5 Å². The molecular formula is C22H25N3O3S2. The lowest BCUT2D eigenvalue weighted by Crippen LogP contribution is -2.26. The van der Waals surface area contributed by atoms with E-state index in [9.17, 15) is 9.59 Å². The summed E-state index contributed by atoms with van der Waals surface area (Å²) in [4.78, 5) is 32.7. The van der Waals surface area contributed by atoms with Crippen LogP contribution in [0.1, 0.15) is 36.6 Å². The Labute approximate surface area is 183 Å². The molecule has 1 N–H and O–H groups in total. The number of fused-ring (bicyclic) bond motifs is 3. The van der Waals surface area contributed by atoms with Crippen molar-refractivity contribution in [1.29, 1.82) is 0 Å². The van der Waals surface area contributed by atoms with Gasteiger partial charge in [-0.25, -0.2) is 4.98 Å². The van der Waals surface area contributed by atoms with Gasteiger partial charge in [-0.3, -0.25) is 14.2 Å². The summed E-state index contributed by atoms with van der Waals surface area (Å²) >= 11 is 2.92. The minimum absolute atomic E-state index is 0.0638. The first-order valence-corrected chi connectivity index (χ1v) is 12.0. The fraction of sp³-hybridized carbons (Fsp3) is 0.409. The number of rotatable bonds is 6. The van der Waals surface area contributed by atoms with Gasteiger partial charge in [-0.15, -0.1) is 11.3 Å². The second-order valence-electron chi connectivity index (χ2n) is 7.22. The predicted molar refractivity (Wildman–Crippen MR) is 122 cm³/mol. The maximum Gasteiger partial charge on any atom is 0.267 e. The third-order valence-corrected chi connectivity index (χ3v) is 7.35. The van der Waals surface area contributed by atoms with E-state index in [1.807, 2.05) is 31.2 Å². The predicted octanol–water partition coefficient (Wildman–Crippen LogP) is 3.95. The number of aromatic nitrogens is 2. The maximum atomic E-state index is 13.7. The molecule has 1 amide bonds. The summed E-state index contributed by atoms with van der Waals surface area (Å²) < 4.78 is 6.99. The molecule has 2 aromatic heterocycles. The molecule has 0 radical (unpaired) electrons. The largest absolute Gasteiger partial charge is 0.497 e. The highest BCUT2D eigenvalue weighted by Crippen LogP contribution is 2.34. The number of thiophene rings is 1. The van der Waals surface area contributed by atoms with E-state index in [1.165, 1.54) is 28.6 Å². The van der Waals surface area contributed by atoms with E-state index < -0.39 is 0 Å². The van der Waals surface area contributed by atoms with Crippen LogP contribution in [0.15, 0.2) is 34.2 Å². The zero-order chi connectivity index (χ0) is 21.1. The molecule has 0 spiro atoms. The van der Waals surface area contributed by atoms with Crippen LogP contribution in [0.4, 0.5) is 0 Å². The summed E-state index contributed by atoms with van der Waals surface area (Å²) in [7, 11) is 1.60. The van der Waals surface area contributed by atoms with Crippen LogP contribution in [0.5, 0.6) is 5.75 Å². The molecule has 0 saturated carbocycles. The molecule has 158 valence electrons. The van der Waals surface area contributed by atoms with Gasteiger partial charge in [-0.2, -0.15) is 0 Å². The monoisotopic (exact) mass is 443 g/mol. The SMILES string of the molecule is CCNC(=O)CSc1nc2sc3c(c2c(=O)n1-c1cccc(OC)c1)CCCCC3. The van der Waals surface area contributed by atoms with Crippen molar-refractivity contribution in [1.82, 2.24) is 14.9 Å². The molecule has 0 bridgehead atoms. The highest BCUT2D eigenvalue weighted by Gasteiger charge is 2.22. The summed E-state index contributed by atoms with van der Waals surface area (Å²) in [5, 5.41) is 4.07. The normalized spacial score (nSPS) is 13.7. The summed E-state index contributed by atoms with van der Waals surface area (Å²) in [6.45, 7) is 2.46. The average Bonchev–Trinajstić information content (AvgIpc) is 2.94. The van der Waals surface area contributed by atoms with Gasteiger partial charge in [-0.1, -0.05) is 24.2 Å². The fourth-order valence-electron chi connectivity index (χ4n) is 3.82. The summed E-state index contributed by atoms with van der Waals surface area (Å²) in [6.07, 6.45) is 5.39. The first-order valence-electron chi connectivity index (χ1n) is 10.2. The number of aryl methyl sites for hydroxylation is 2. The molecule has 0 unspecified atom stereocenters. The van der Waals surface area contributed by atoms with Crippen LogP contribution in [0, 0.1) is 0 Å². The third kappa shape index (κ3) is 4.11. The molecule has 3 aromatic rings. The number of nitrogens with one attached hydrogen (secondary N) is 1. The van der Waals surface area contributed by atoms with Gasteiger partial charge in [0.2, 0.25) is 5.91 Å². The zero-order valence-corrected chi connectivity index (χ0v) is 18.8.